The van der Waals surface area contributed by atoms with Crippen molar-refractivity contribution < 1.29 is 27.5 Å². The van der Waals surface area contributed by atoms with Crippen molar-refractivity contribution >= 4 is 29.1 Å². The molecule has 3 heterocycles. The average molecular weight is 407 g/mol. The number of amides is 1. The van der Waals surface area contributed by atoms with Crippen LogP contribution in [0.2, 0.25) is 0 Å². The second kappa shape index (κ2) is 7.30. The van der Waals surface area contributed by atoms with Gasteiger partial charge in [0, 0.05) is 31.7 Å². The van der Waals surface area contributed by atoms with E-state index in [1.807, 2.05) is 0 Å². The summed E-state index contributed by atoms with van der Waals surface area (Å²) < 4.78 is 49.2. The molecule has 1 amide bonds. The van der Waals surface area contributed by atoms with E-state index in [0.717, 1.165) is 15.9 Å². The molecule has 2 atom stereocenters. The van der Waals surface area contributed by atoms with Gasteiger partial charge < -0.3 is 9.64 Å². The molecule has 0 radical (unpaired) electrons. The number of azo groups is 1. The Morgan fingerprint density at radius 1 is 1.24 bits per heavy atom. The molecular formula is C18H16F3N5O3. The van der Waals surface area contributed by atoms with Crippen LogP contribution in [-0.4, -0.2) is 43.1 Å². The van der Waals surface area contributed by atoms with Gasteiger partial charge in [-0.1, -0.05) is 0 Å². The molecule has 1 saturated heterocycles. The minimum Gasteiger partial charge on any atom is -0.444 e. The number of rotatable bonds is 4. The lowest BCUT2D eigenvalue weighted by atomic mass is 10.1. The summed E-state index contributed by atoms with van der Waals surface area (Å²) in [4.78, 5) is 29.5. The number of nitrogens with zero attached hydrogens (tertiary/aromatic N) is 5. The first-order chi connectivity index (χ1) is 13.8. The van der Waals surface area contributed by atoms with Crippen LogP contribution >= 0.6 is 0 Å². The quantitative estimate of drug-likeness (QED) is 0.717. The van der Waals surface area contributed by atoms with Gasteiger partial charge in [0.2, 0.25) is 0 Å². The van der Waals surface area contributed by atoms with Crippen molar-refractivity contribution in [1.29, 1.82) is 0 Å². The highest BCUT2D eigenvalue weighted by Crippen LogP contribution is 2.35. The fourth-order valence-electron chi connectivity index (χ4n) is 3.37. The van der Waals surface area contributed by atoms with Gasteiger partial charge in [-0.2, -0.15) is 5.11 Å². The van der Waals surface area contributed by atoms with Crippen LogP contribution < -0.4 is 9.80 Å². The van der Waals surface area contributed by atoms with Gasteiger partial charge >= 0.3 is 6.09 Å². The molecule has 11 heteroatoms. The maximum absolute atomic E-state index is 14.7. The minimum absolute atomic E-state index is 0.0195. The van der Waals surface area contributed by atoms with Gasteiger partial charge in [0.05, 0.1) is 12.2 Å². The standard InChI is InChI=1S/C18H16F3N5O3/c1-9-22-14(24-23-9)6-11-8-26(18(28)29-11)13-7-12(19)17(16(21)15(13)20)25-4-2-10(27)3-5-25/h2,4,7,11,14H,3,5-6,8H2,1H3/t11-,14?/m0/s1. The largest absolute Gasteiger partial charge is 0.444 e. The number of amidine groups is 1. The predicted molar refractivity (Wildman–Crippen MR) is 96.4 cm³/mol. The van der Waals surface area contributed by atoms with Gasteiger partial charge in [-0.25, -0.2) is 23.0 Å². The van der Waals surface area contributed by atoms with Crippen LogP contribution in [0.3, 0.4) is 0 Å². The summed E-state index contributed by atoms with van der Waals surface area (Å²) in [6, 6.07) is 0.749. The number of allylic oxidation sites excluding steroid dienone is 1. The van der Waals surface area contributed by atoms with E-state index in [1.54, 1.807) is 6.92 Å². The zero-order valence-electron chi connectivity index (χ0n) is 15.3. The molecule has 3 aliphatic rings. The lowest BCUT2D eigenvalue weighted by molar-refractivity contribution is -0.114. The van der Waals surface area contributed by atoms with E-state index in [0.29, 0.717) is 5.84 Å². The Hall–Kier alpha value is -3.24. The summed E-state index contributed by atoms with van der Waals surface area (Å²) in [7, 11) is 0. The molecule has 0 saturated carbocycles. The van der Waals surface area contributed by atoms with Crippen LogP contribution in [0.25, 0.3) is 0 Å². The van der Waals surface area contributed by atoms with Crippen LogP contribution in [0.4, 0.5) is 29.3 Å². The van der Waals surface area contributed by atoms with E-state index in [1.165, 1.54) is 12.3 Å². The fourth-order valence-corrected chi connectivity index (χ4v) is 3.37. The van der Waals surface area contributed by atoms with Gasteiger partial charge in [0.1, 0.15) is 17.6 Å². The summed E-state index contributed by atoms with van der Waals surface area (Å²) in [5.41, 5.74) is -1.17. The number of carbonyl (C=O) groups excluding carboxylic acids is 2. The lowest BCUT2D eigenvalue weighted by Gasteiger charge is -2.25. The Morgan fingerprint density at radius 2 is 2.03 bits per heavy atom. The number of cyclic esters (lactones) is 1. The van der Waals surface area contributed by atoms with Crippen molar-refractivity contribution in [3.05, 3.63) is 35.8 Å². The third-order valence-electron chi connectivity index (χ3n) is 4.75. The Balaban J connectivity index is 1.57. The first-order valence-corrected chi connectivity index (χ1v) is 8.92. The molecule has 4 rings (SSSR count). The monoisotopic (exact) mass is 407 g/mol. The van der Waals surface area contributed by atoms with Gasteiger partial charge in [-0.15, -0.1) is 5.11 Å². The molecule has 29 heavy (non-hydrogen) atoms. The third-order valence-corrected chi connectivity index (χ3v) is 4.75. The predicted octanol–water partition coefficient (Wildman–Crippen LogP) is 3.32. The number of anilines is 2. The zero-order valence-corrected chi connectivity index (χ0v) is 15.3. The normalized spacial score (nSPS) is 23.8. The van der Waals surface area contributed by atoms with Crippen molar-refractivity contribution in [2.45, 2.75) is 32.0 Å². The van der Waals surface area contributed by atoms with Crippen LogP contribution in [0.15, 0.2) is 33.6 Å². The molecule has 0 aliphatic carbocycles. The molecular weight excluding hydrogens is 391 g/mol. The molecule has 152 valence electrons. The number of benzene rings is 1. The molecule has 1 aromatic rings. The number of hydrogen-bond acceptors (Lipinski definition) is 7. The number of aliphatic imine (C=N–C) groups is 1. The zero-order chi connectivity index (χ0) is 20.7. The SMILES string of the molecule is CC1=NC(C[C@H]2CN(c3cc(F)c(N4C=CC(=O)CC4)c(F)c3F)C(=O)O2)N=N1. The summed E-state index contributed by atoms with van der Waals surface area (Å²) >= 11 is 0. The van der Waals surface area contributed by atoms with E-state index >= 15 is 0 Å². The summed E-state index contributed by atoms with van der Waals surface area (Å²) in [6.45, 7) is 1.59. The Kier molecular flexibility index (Phi) is 4.81. The molecule has 3 aliphatic heterocycles. The van der Waals surface area contributed by atoms with Crippen LogP contribution in [0, 0.1) is 17.5 Å². The summed E-state index contributed by atoms with van der Waals surface area (Å²) in [5, 5.41) is 7.68. The Bertz CT molecular complexity index is 978. The van der Waals surface area contributed by atoms with Gasteiger partial charge in [-0.05, 0) is 13.0 Å². The summed E-state index contributed by atoms with van der Waals surface area (Å²) in [5.74, 6) is -3.57. The highest BCUT2D eigenvalue weighted by molar-refractivity contribution is 5.92. The average Bonchev–Trinajstić information content (AvgIpc) is 3.25. The first kappa shape index (κ1) is 19.1. The smallest absolute Gasteiger partial charge is 0.414 e. The number of carbonyl (C=O) groups is 2. The highest BCUT2D eigenvalue weighted by atomic mass is 19.2. The van der Waals surface area contributed by atoms with Crippen molar-refractivity contribution in [2.75, 3.05) is 22.9 Å². The van der Waals surface area contributed by atoms with E-state index in [2.05, 4.69) is 15.2 Å². The van der Waals surface area contributed by atoms with Crippen LogP contribution in [0.1, 0.15) is 19.8 Å². The van der Waals surface area contributed by atoms with Crippen molar-refractivity contribution in [2.24, 2.45) is 15.2 Å². The number of halogens is 3. The maximum Gasteiger partial charge on any atom is 0.414 e. The van der Waals surface area contributed by atoms with E-state index in [4.69, 9.17) is 4.74 Å². The third kappa shape index (κ3) is 3.59. The molecule has 1 unspecified atom stereocenters. The second-order valence-corrected chi connectivity index (χ2v) is 6.80. The number of ether oxygens (including phenoxy) is 1. The van der Waals surface area contributed by atoms with Gasteiger partial charge in [0.25, 0.3) is 0 Å². The molecule has 1 fully saturated rings. The highest BCUT2D eigenvalue weighted by Gasteiger charge is 2.37. The van der Waals surface area contributed by atoms with Crippen LogP contribution in [-0.2, 0) is 9.53 Å². The van der Waals surface area contributed by atoms with E-state index in [9.17, 15) is 22.8 Å². The fraction of sp³-hybridized carbons (Fsp3) is 0.389. The van der Waals surface area contributed by atoms with Gasteiger partial charge in [-0.3, -0.25) is 9.69 Å². The summed E-state index contributed by atoms with van der Waals surface area (Å²) in [6.07, 6.45) is 0.538. The second-order valence-electron chi connectivity index (χ2n) is 6.80. The molecule has 0 spiro atoms. The molecule has 0 bridgehead atoms. The van der Waals surface area contributed by atoms with E-state index < -0.39 is 47.2 Å². The van der Waals surface area contributed by atoms with Crippen molar-refractivity contribution in [3.8, 4) is 0 Å². The molecule has 0 N–H and O–H groups in total. The molecule has 0 aromatic heterocycles. The molecule has 8 nitrogen and oxygen atoms in total. The Morgan fingerprint density at radius 3 is 2.69 bits per heavy atom. The van der Waals surface area contributed by atoms with E-state index in [-0.39, 0.29) is 31.7 Å². The number of ketones is 1. The number of hydrogen-bond donors (Lipinski definition) is 0. The Labute approximate surface area is 163 Å². The minimum atomic E-state index is -1.44. The van der Waals surface area contributed by atoms with Crippen molar-refractivity contribution in [3.63, 3.8) is 0 Å². The molecule has 1 aromatic carbocycles. The topological polar surface area (TPSA) is 86.9 Å². The van der Waals surface area contributed by atoms with Crippen molar-refractivity contribution in [1.82, 2.24) is 0 Å². The van der Waals surface area contributed by atoms with Gasteiger partial charge in [0.15, 0.2) is 29.4 Å². The first-order valence-electron chi connectivity index (χ1n) is 8.92. The maximum atomic E-state index is 14.7. The lowest BCUT2D eigenvalue weighted by Crippen LogP contribution is -2.29. The van der Waals surface area contributed by atoms with Crippen LogP contribution in [0.5, 0.6) is 0 Å².